The molecule has 0 amide bonds. The number of hydrogen-bond acceptors (Lipinski definition) is 4. The van der Waals surface area contributed by atoms with Crippen molar-refractivity contribution in [3.63, 3.8) is 0 Å². The maximum Gasteiger partial charge on any atom is -0.00205 e. The van der Waals surface area contributed by atoms with Gasteiger partial charge in [0.15, 0.2) is 0 Å². The number of hydrogen-bond donors (Lipinski definition) is 4. The lowest BCUT2D eigenvalue weighted by molar-refractivity contribution is 0.545. The Morgan fingerprint density at radius 2 is 1.00 bits per heavy atom. The lowest BCUT2D eigenvalue weighted by atomic mass is 10.3. The molecule has 0 aromatic heterocycles. The minimum atomic E-state index is 0. The Labute approximate surface area is 191 Å². The highest BCUT2D eigenvalue weighted by atomic mass is 79.9. The van der Waals surface area contributed by atoms with Crippen LogP contribution in [0.4, 0.5) is 0 Å². The highest BCUT2D eigenvalue weighted by Crippen LogP contribution is 2.27. The molecular formula is C16H40Br4N4. The van der Waals surface area contributed by atoms with Crippen LogP contribution in [-0.4, -0.2) is 52.4 Å². The summed E-state index contributed by atoms with van der Waals surface area (Å²) >= 11 is 0. The predicted octanol–water partition coefficient (Wildman–Crippen LogP) is 3.65. The van der Waals surface area contributed by atoms with Gasteiger partial charge in [-0.1, -0.05) is 6.92 Å². The first kappa shape index (κ1) is 33.4. The van der Waals surface area contributed by atoms with E-state index in [1.165, 1.54) is 58.2 Å². The fourth-order valence-electron chi connectivity index (χ4n) is 2.23. The van der Waals surface area contributed by atoms with Crippen molar-refractivity contribution in [1.29, 1.82) is 0 Å². The second kappa shape index (κ2) is 27.0. The number of rotatable bonds is 16. The van der Waals surface area contributed by atoms with Gasteiger partial charge in [0.25, 0.3) is 0 Å². The molecule has 1 aliphatic carbocycles. The van der Waals surface area contributed by atoms with Gasteiger partial charge >= 0.3 is 0 Å². The van der Waals surface area contributed by atoms with E-state index in [-0.39, 0.29) is 67.9 Å². The van der Waals surface area contributed by atoms with Crippen LogP contribution in [0.5, 0.6) is 0 Å². The van der Waals surface area contributed by atoms with Gasteiger partial charge in [-0.15, -0.1) is 67.9 Å². The van der Waals surface area contributed by atoms with E-state index in [9.17, 15) is 0 Å². The van der Waals surface area contributed by atoms with Crippen molar-refractivity contribution in [3.8, 4) is 0 Å². The third-order valence-electron chi connectivity index (χ3n) is 3.75. The molecule has 1 fully saturated rings. The number of nitrogens with one attached hydrogen (secondary N) is 4. The summed E-state index contributed by atoms with van der Waals surface area (Å²) in [6, 6.07) is 0. The summed E-state index contributed by atoms with van der Waals surface area (Å²) in [5, 5.41) is 13.9. The highest BCUT2D eigenvalue weighted by Gasteiger charge is 2.19. The Morgan fingerprint density at radius 1 is 0.583 bits per heavy atom. The van der Waals surface area contributed by atoms with Gasteiger partial charge in [0.2, 0.25) is 0 Å². The van der Waals surface area contributed by atoms with Crippen LogP contribution in [0.15, 0.2) is 0 Å². The molecule has 8 heteroatoms. The molecule has 0 saturated heterocycles. The SMILES string of the molecule is Br.Br.Br.Br.CCNCCCNCCCNCCCCNCC1CC1. The average molecular weight is 608 g/mol. The molecule has 0 bridgehead atoms. The predicted molar refractivity (Wildman–Crippen MR) is 130 cm³/mol. The molecule has 4 N–H and O–H groups in total. The molecule has 0 aromatic rings. The Kier molecular flexibility index (Phi) is 37.5. The highest BCUT2D eigenvalue weighted by molar-refractivity contribution is 8.93. The molecule has 4 nitrogen and oxygen atoms in total. The smallest absolute Gasteiger partial charge is 0.00205 e. The van der Waals surface area contributed by atoms with E-state index in [2.05, 4.69) is 28.2 Å². The van der Waals surface area contributed by atoms with Crippen molar-refractivity contribution in [2.45, 2.75) is 45.4 Å². The van der Waals surface area contributed by atoms with E-state index >= 15 is 0 Å². The maximum absolute atomic E-state index is 3.54. The second-order valence-corrected chi connectivity index (χ2v) is 5.92. The normalized spacial score (nSPS) is 12.4. The molecule has 0 atom stereocenters. The molecule has 0 radical (unpaired) electrons. The van der Waals surface area contributed by atoms with E-state index in [4.69, 9.17) is 0 Å². The Hall–Kier alpha value is 1.76. The molecule has 1 rings (SSSR count). The van der Waals surface area contributed by atoms with Crippen LogP contribution in [0.25, 0.3) is 0 Å². The third-order valence-corrected chi connectivity index (χ3v) is 3.75. The summed E-state index contributed by atoms with van der Waals surface area (Å²) in [7, 11) is 0. The molecule has 1 saturated carbocycles. The van der Waals surface area contributed by atoms with Gasteiger partial charge in [0.1, 0.15) is 0 Å². The standard InChI is InChI=1S/C16H36N4.4BrH/c1-2-17-11-5-12-19-14-6-13-18-9-3-4-10-20-15-16-7-8-16;;;;/h16-20H,2-15H2,1H3;4*1H. The van der Waals surface area contributed by atoms with Crippen LogP contribution in [0.3, 0.4) is 0 Å². The number of unbranched alkanes of at least 4 members (excludes halogenated alkanes) is 1. The van der Waals surface area contributed by atoms with Crippen molar-refractivity contribution < 1.29 is 0 Å². The molecule has 0 heterocycles. The zero-order chi connectivity index (χ0) is 14.3. The first-order chi connectivity index (χ1) is 9.93. The fourth-order valence-corrected chi connectivity index (χ4v) is 2.23. The quantitative estimate of drug-likeness (QED) is 0.203. The zero-order valence-corrected chi connectivity index (χ0v) is 22.0. The van der Waals surface area contributed by atoms with Gasteiger partial charge < -0.3 is 21.3 Å². The van der Waals surface area contributed by atoms with Crippen LogP contribution >= 0.6 is 67.9 Å². The lowest BCUT2D eigenvalue weighted by Gasteiger charge is -2.07. The van der Waals surface area contributed by atoms with Gasteiger partial charge in [-0.05, 0) is 96.8 Å². The van der Waals surface area contributed by atoms with E-state index in [0.29, 0.717) is 0 Å². The van der Waals surface area contributed by atoms with Crippen LogP contribution in [0.2, 0.25) is 0 Å². The summed E-state index contributed by atoms with van der Waals surface area (Å²) in [5.41, 5.74) is 0. The van der Waals surface area contributed by atoms with Gasteiger partial charge in [-0.2, -0.15) is 0 Å². The summed E-state index contributed by atoms with van der Waals surface area (Å²) in [5.74, 6) is 1.01. The largest absolute Gasteiger partial charge is 0.317 e. The average Bonchev–Trinajstić information content (AvgIpc) is 3.27. The van der Waals surface area contributed by atoms with Crippen LogP contribution < -0.4 is 21.3 Å². The minimum Gasteiger partial charge on any atom is -0.317 e. The molecule has 0 aromatic carbocycles. The Morgan fingerprint density at radius 3 is 1.46 bits per heavy atom. The Balaban J connectivity index is -0.000000500. The van der Waals surface area contributed by atoms with E-state index in [1.54, 1.807) is 0 Å². The molecular weight excluding hydrogens is 568 g/mol. The summed E-state index contributed by atoms with van der Waals surface area (Å²) in [6.07, 6.45) is 7.99. The van der Waals surface area contributed by atoms with Crippen molar-refractivity contribution in [2.75, 3.05) is 52.4 Å². The summed E-state index contributed by atoms with van der Waals surface area (Å²) in [6.45, 7) is 11.4. The van der Waals surface area contributed by atoms with Crippen LogP contribution in [-0.2, 0) is 0 Å². The van der Waals surface area contributed by atoms with Gasteiger partial charge in [-0.3, -0.25) is 0 Å². The monoisotopic (exact) mass is 604 g/mol. The first-order valence-electron chi connectivity index (χ1n) is 8.76. The van der Waals surface area contributed by atoms with Crippen molar-refractivity contribution in [1.82, 2.24) is 21.3 Å². The minimum absolute atomic E-state index is 0. The van der Waals surface area contributed by atoms with Gasteiger partial charge in [0.05, 0.1) is 0 Å². The van der Waals surface area contributed by atoms with E-state index < -0.39 is 0 Å². The van der Waals surface area contributed by atoms with Gasteiger partial charge in [0, 0.05) is 0 Å². The second-order valence-electron chi connectivity index (χ2n) is 5.92. The maximum atomic E-state index is 3.54. The lowest BCUT2D eigenvalue weighted by Crippen LogP contribution is -2.26. The van der Waals surface area contributed by atoms with Crippen LogP contribution in [0.1, 0.15) is 45.4 Å². The van der Waals surface area contributed by atoms with Crippen molar-refractivity contribution >= 4 is 67.9 Å². The number of halogens is 4. The van der Waals surface area contributed by atoms with E-state index in [0.717, 1.165) is 38.6 Å². The summed E-state index contributed by atoms with van der Waals surface area (Å²) in [4.78, 5) is 0. The fraction of sp³-hybridized carbons (Fsp3) is 1.00. The van der Waals surface area contributed by atoms with E-state index in [1.807, 2.05) is 0 Å². The molecule has 0 aliphatic heterocycles. The van der Waals surface area contributed by atoms with Gasteiger partial charge in [-0.25, -0.2) is 0 Å². The van der Waals surface area contributed by atoms with Crippen molar-refractivity contribution in [2.24, 2.45) is 5.92 Å². The molecule has 1 aliphatic rings. The topological polar surface area (TPSA) is 48.1 Å². The molecule has 152 valence electrons. The Bertz CT molecular complexity index is 211. The van der Waals surface area contributed by atoms with Crippen LogP contribution in [0, 0.1) is 5.92 Å². The molecule has 24 heavy (non-hydrogen) atoms. The zero-order valence-electron chi connectivity index (χ0n) is 15.1. The molecule has 0 spiro atoms. The van der Waals surface area contributed by atoms with Crippen molar-refractivity contribution in [3.05, 3.63) is 0 Å². The summed E-state index contributed by atoms with van der Waals surface area (Å²) < 4.78 is 0. The third kappa shape index (κ3) is 26.0. The first-order valence-corrected chi connectivity index (χ1v) is 8.76. The molecule has 0 unspecified atom stereocenters.